The summed E-state index contributed by atoms with van der Waals surface area (Å²) in [5.74, 6) is 0.0166. The summed E-state index contributed by atoms with van der Waals surface area (Å²) >= 11 is 0. The molecule has 2 bridgehead atoms. The summed E-state index contributed by atoms with van der Waals surface area (Å²) in [4.78, 5) is 41.6. The van der Waals surface area contributed by atoms with E-state index in [9.17, 15) is 14.4 Å². The number of carbonyl (C=O) groups is 3. The Hall–Kier alpha value is -3.19. The van der Waals surface area contributed by atoms with Crippen LogP contribution in [-0.2, 0) is 16.1 Å². The number of rotatable bonds is 4. The second-order valence-corrected chi connectivity index (χ2v) is 10.7. The smallest absolute Gasteiger partial charge is 0.255 e. The third kappa shape index (κ3) is 3.99. The Morgan fingerprint density at radius 2 is 1.58 bits per heavy atom. The summed E-state index contributed by atoms with van der Waals surface area (Å²) in [6, 6.07) is 18.2. The Labute approximate surface area is 211 Å². The van der Waals surface area contributed by atoms with E-state index in [4.69, 9.17) is 4.74 Å². The molecule has 2 atom stereocenters. The molecule has 7 heteroatoms. The predicted molar refractivity (Wildman–Crippen MR) is 134 cm³/mol. The summed E-state index contributed by atoms with van der Waals surface area (Å²) in [7, 11) is 0. The standard InChI is InChI=1S/C23H27N3O4.C6H6/c27-20-15-11-23(12-15,22(29)24-20)26-13-14-10-16(6-7-17(14)21(26)28)30-19-5-3-4-18(19)25-8-1-2-9-25;1-2-4-6-5-3-1/h6-7,10,15,18-19H,1-5,8-9,11-13H2,(H,24,27,29);1-6H. The van der Waals surface area contributed by atoms with Crippen LogP contribution in [0, 0.1) is 5.92 Å². The SMILES string of the molecule is O=C1NC(=O)C2(N3Cc4cc(OC5CCCC5N5CCCC5)ccc4C3=O)CC1C2.c1ccccc1. The van der Waals surface area contributed by atoms with Gasteiger partial charge in [-0.25, -0.2) is 0 Å². The first-order chi connectivity index (χ1) is 17.5. The molecular weight excluding hydrogens is 454 g/mol. The lowest BCUT2D eigenvalue weighted by molar-refractivity contribution is -0.160. The van der Waals surface area contributed by atoms with Crippen molar-refractivity contribution in [2.45, 2.75) is 69.2 Å². The van der Waals surface area contributed by atoms with E-state index in [0.29, 0.717) is 31.0 Å². The van der Waals surface area contributed by atoms with Crippen molar-refractivity contribution in [2.24, 2.45) is 5.92 Å². The molecule has 2 unspecified atom stereocenters. The lowest BCUT2D eigenvalue weighted by Crippen LogP contribution is -2.73. The van der Waals surface area contributed by atoms with Crippen LogP contribution in [0.4, 0.5) is 0 Å². The highest BCUT2D eigenvalue weighted by Crippen LogP contribution is 2.49. The maximum Gasteiger partial charge on any atom is 0.255 e. The number of fused-ring (bicyclic) bond motifs is 3. The van der Waals surface area contributed by atoms with Gasteiger partial charge in [0, 0.05) is 24.1 Å². The predicted octanol–water partition coefficient (Wildman–Crippen LogP) is 3.53. The lowest BCUT2D eigenvalue weighted by atomic mass is 9.63. The molecule has 8 rings (SSSR count). The Bertz CT molecular complexity index is 1130. The lowest BCUT2D eigenvalue weighted by Gasteiger charge is -2.53. The third-order valence-corrected chi connectivity index (χ3v) is 8.58. The first-order valence-corrected chi connectivity index (χ1v) is 13.3. The van der Waals surface area contributed by atoms with Gasteiger partial charge in [-0.1, -0.05) is 36.4 Å². The average molecular weight is 488 g/mol. The maximum absolute atomic E-state index is 13.0. The molecule has 5 fully saturated rings. The minimum absolute atomic E-state index is 0.115. The van der Waals surface area contributed by atoms with Crippen LogP contribution in [0.15, 0.2) is 54.6 Å². The fraction of sp³-hybridized carbons (Fsp3) is 0.483. The van der Waals surface area contributed by atoms with Gasteiger partial charge in [0.2, 0.25) is 5.91 Å². The number of hydrogen-bond donors (Lipinski definition) is 1. The zero-order valence-electron chi connectivity index (χ0n) is 20.5. The van der Waals surface area contributed by atoms with Crippen LogP contribution in [0.2, 0.25) is 0 Å². The van der Waals surface area contributed by atoms with Crippen LogP contribution < -0.4 is 10.1 Å². The van der Waals surface area contributed by atoms with Crippen LogP contribution >= 0.6 is 0 Å². The van der Waals surface area contributed by atoms with Gasteiger partial charge in [0.05, 0.1) is 0 Å². The van der Waals surface area contributed by atoms with Gasteiger partial charge in [0.25, 0.3) is 11.8 Å². The van der Waals surface area contributed by atoms with Crippen LogP contribution in [0.3, 0.4) is 0 Å². The van der Waals surface area contributed by atoms with Crippen LogP contribution in [-0.4, -0.2) is 58.3 Å². The second-order valence-electron chi connectivity index (χ2n) is 10.7. The van der Waals surface area contributed by atoms with Gasteiger partial charge < -0.3 is 9.64 Å². The third-order valence-electron chi connectivity index (χ3n) is 8.58. The molecule has 188 valence electrons. The monoisotopic (exact) mass is 487 g/mol. The molecule has 0 aromatic heterocycles. The first-order valence-electron chi connectivity index (χ1n) is 13.3. The van der Waals surface area contributed by atoms with E-state index in [1.54, 1.807) is 4.90 Å². The van der Waals surface area contributed by atoms with E-state index in [1.165, 1.54) is 38.8 Å². The molecule has 36 heavy (non-hydrogen) atoms. The summed E-state index contributed by atoms with van der Waals surface area (Å²) in [5, 5.41) is 2.43. The number of piperidine rings is 2. The van der Waals surface area contributed by atoms with Crippen molar-refractivity contribution in [2.75, 3.05) is 13.1 Å². The normalized spacial score (nSPS) is 30.8. The highest BCUT2D eigenvalue weighted by molar-refractivity contribution is 6.10. The fourth-order valence-electron chi connectivity index (χ4n) is 6.61. The fourth-order valence-corrected chi connectivity index (χ4v) is 6.61. The topological polar surface area (TPSA) is 79.0 Å². The van der Waals surface area contributed by atoms with Gasteiger partial charge in [0.1, 0.15) is 17.4 Å². The quantitative estimate of drug-likeness (QED) is 0.668. The molecule has 2 aromatic rings. The molecule has 4 heterocycles. The molecule has 6 aliphatic rings. The summed E-state index contributed by atoms with van der Waals surface area (Å²) in [6.45, 7) is 2.75. The van der Waals surface area contributed by atoms with E-state index in [2.05, 4.69) is 10.2 Å². The molecule has 1 N–H and O–H groups in total. The molecule has 2 saturated carbocycles. The number of benzene rings is 2. The molecule has 3 saturated heterocycles. The van der Waals surface area contributed by atoms with Gasteiger partial charge in [-0.05, 0) is 81.8 Å². The molecule has 2 aliphatic carbocycles. The number of nitrogens with zero attached hydrogens (tertiary/aromatic N) is 2. The number of imide groups is 1. The molecule has 0 spiro atoms. The first kappa shape index (κ1) is 23.2. The van der Waals surface area contributed by atoms with E-state index in [-0.39, 0.29) is 29.7 Å². The highest BCUT2D eigenvalue weighted by atomic mass is 16.5. The number of carbonyl (C=O) groups excluding carboxylic acids is 3. The van der Waals surface area contributed by atoms with E-state index >= 15 is 0 Å². The van der Waals surface area contributed by atoms with Gasteiger partial charge in [-0.3, -0.25) is 24.6 Å². The average Bonchev–Trinajstić information content (AvgIpc) is 3.61. The van der Waals surface area contributed by atoms with Crippen molar-refractivity contribution >= 4 is 17.7 Å². The van der Waals surface area contributed by atoms with Crippen molar-refractivity contribution in [3.05, 3.63) is 65.7 Å². The number of ether oxygens (including phenoxy) is 1. The van der Waals surface area contributed by atoms with Gasteiger partial charge in [0.15, 0.2) is 0 Å². The zero-order chi connectivity index (χ0) is 24.7. The minimum atomic E-state index is -0.859. The van der Waals surface area contributed by atoms with Crippen molar-refractivity contribution < 1.29 is 19.1 Å². The molecule has 2 aromatic carbocycles. The Morgan fingerprint density at radius 1 is 0.889 bits per heavy atom. The Kier molecular flexibility index (Phi) is 6.04. The minimum Gasteiger partial charge on any atom is -0.489 e. The van der Waals surface area contributed by atoms with Crippen molar-refractivity contribution in [1.82, 2.24) is 15.1 Å². The summed E-state index contributed by atoms with van der Waals surface area (Å²) < 4.78 is 6.42. The van der Waals surface area contributed by atoms with Crippen molar-refractivity contribution in [3.63, 3.8) is 0 Å². The summed E-state index contributed by atoms with van der Waals surface area (Å²) in [5.41, 5.74) is 0.699. The van der Waals surface area contributed by atoms with E-state index < -0.39 is 5.54 Å². The van der Waals surface area contributed by atoms with Crippen LogP contribution in [0.1, 0.15) is 60.9 Å². The molecular formula is C29H33N3O4. The number of likely N-dealkylation sites (tertiary alicyclic amines) is 1. The van der Waals surface area contributed by atoms with Crippen molar-refractivity contribution in [3.8, 4) is 5.75 Å². The Balaban J connectivity index is 0.000000353. The highest BCUT2D eigenvalue weighted by Gasteiger charge is 2.63. The van der Waals surface area contributed by atoms with Crippen LogP contribution in [0.25, 0.3) is 0 Å². The van der Waals surface area contributed by atoms with E-state index in [0.717, 1.165) is 17.7 Å². The van der Waals surface area contributed by atoms with Crippen LogP contribution in [0.5, 0.6) is 5.75 Å². The summed E-state index contributed by atoms with van der Waals surface area (Å²) in [6.07, 6.45) is 7.11. The zero-order valence-corrected chi connectivity index (χ0v) is 20.5. The van der Waals surface area contributed by atoms with Gasteiger partial charge >= 0.3 is 0 Å². The molecule has 4 aliphatic heterocycles. The molecule has 7 nitrogen and oxygen atoms in total. The van der Waals surface area contributed by atoms with Gasteiger partial charge in [-0.2, -0.15) is 0 Å². The number of hydrogen-bond acceptors (Lipinski definition) is 5. The van der Waals surface area contributed by atoms with E-state index in [1.807, 2.05) is 54.6 Å². The number of amides is 3. The second kappa shape index (κ2) is 9.36. The molecule has 3 amide bonds. The number of nitrogens with one attached hydrogen (secondary N) is 1. The Morgan fingerprint density at radius 3 is 2.25 bits per heavy atom. The van der Waals surface area contributed by atoms with Crippen molar-refractivity contribution in [1.29, 1.82) is 0 Å². The van der Waals surface area contributed by atoms with Gasteiger partial charge in [-0.15, -0.1) is 0 Å². The molecule has 0 radical (unpaired) electrons. The maximum atomic E-state index is 13.0. The largest absolute Gasteiger partial charge is 0.489 e.